The van der Waals surface area contributed by atoms with E-state index in [2.05, 4.69) is 5.32 Å². The number of carbonyl (C=O) groups is 1. The van der Waals surface area contributed by atoms with E-state index in [1.807, 2.05) is 6.92 Å². The second kappa shape index (κ2) is 6.41. The van der Waals surface area contributed by atoms with Gasteiger partial charge >= 0.3 is 6.03 Å². The number of benzene rings is 1. The number of urea groups is 1. The van der Waals surface area contributed by atoms with Crippen LogP contribution in [0.4, 0.5) is 14.9 Å². The van der Waals surface area contributed by atoms with E-state index in [4.69, 9.17) is 11.6 Å². The number of nitrogens with one attached hydrogen (secondary N) is 1. The van der Waals surface area contributed by atoms with E-state index < -0.39 is 5.82 Å². The molecule has 2 amide bonds. The maximum atomic E-state index is 13.1. The minimum absolute atomic E-state index is 0.0228. The number of aliphatic hydroxyl groups is 1. The van der Waals surface area contributed by atoms with Crippen LogP contribution in [0, 0.1) is 5.82 Å². The molecule has 2 atom stereocenters. The molecule has 1 heterocycles. The van der Waals surface area contributed by atoms with E-state index in [1.54, 1.807) is 4.90 Å². The van der Waals surface area contributed by atoms with E-state index in [9.17, 15) is 14.3 Å². The first kappa shape index (κ1) is 15.1. The number of hydrogen-bond donors (Lipinski definition) is 2. The zero-order valence-electron chi connectivity index (χ0n) is 11.3. The highest BCUT2D eigenvalue weighted by Crippen LogP contribution is 2.23. The molecule has 6 heteroatoms. The minimum Gasteiger partial charge on any atom is -0.393 e. The van der Waals surface area contributed by atoms with Gasteiger partial charge in [0.1, 0.15) is 5.82 Å². The lowest BCUT2D eigenvalue weighted by Gasteiger charge is -2.37. The Hall–Kier alpha value is -1.33. The highest BCUT2D eigenvalue weighted by atomic mass is 35.5. The van der Waals surface area contributed by atoms with Crippen LogP contribution in [-0.4, -0.2) is 34.7 Å². The predicted octanol–water partition coefficient (Wildman–Crippen LogP) is 3.25. The molecule has 0 bridgehead atoms. The number of nitrogens with zero attached hydrogens (tertiary/aromatic N) is 1. The quantitative estimate of drug-likeness (QED) is 0.881. The number of aliphatic hydroxyl groups excluding tert-OH is 1. The third kappa shape index (κ3) is 3.41. The summed E-state index contributed by atoms with van der Waals surface area (Å²) in [5.74, 6) is -0.516. The van der Waals surface area contributed by atoms with Crippen molar-refractivity contribution in [2.24, 2.45) is 0 Å². The molecule has 20 heavy (non-hydrogen) atoms. The number of hydrogen-bond acceptors (Lipinski definition) is 2. The van der Waals surface area contributed by atoms with Crippen molar-refractivity contribution >= 4 is 23.3 Å². The van der Waals surface area contributed by atoms with Crippen LogP contribution in [0.3, 0.4) is 0 Å². The lowest BCUT2D eigenvalue weighted by Crippen LogP contribution is -2.49. The van der Waals surface area contributed by atoms with Gasteiger partial charge in [-0.2, -0.15) is 0 Å². The Balaban J connectivity index is 2.05. The predicted molar refractivity (Wildman–Crippen MR) is 76.5 cm³/mol. The van der Waals surface area contributed by atoms with Crippen LogP contribution < -0.4 is 5.32 Å². The normalized spacial score (nSPS) is 22.7. The second-order valence-electron chi connectivity index (χ2n) is 4.99. The number of halogens is 2. The largest absolute Gasteiger partial charge is 0.393 e. The number of likely N-dealkylation sites (tertiary alicyclic amines) is 1. The average molecular weight is 301 g/mol. The molecule has 0 unspecified atom stereocenters. The lowest BCUT2D eigenvalue weighted by atomic mass is 9.98. The average Bonchev–Trinajstić information content (AvgIpc) is 2.42. The van der Waals surface area contributed by atoms with E-state index in [1.165, 1.54) is 18.2 Å². The fraction of sp³-hybridized carbons (Fsp3) is 0.500. The fourth-order valence-electron chi connectivity index (χ4n) is 2.45. The van der Waals surface area contributed by atoms with Crippen molar-refractivity contribution in [3.05, 3.63) is 29.0 Å². The summed E-state index contributed by atoms with van der Waals surface area (Å²) in [6.07, 6.45) is 1.61. The summed E-state index contributed by atoms with van der Waals surface area (Å²) in [5, 5.41) is 12.3. The van der Waals surface area contributed by atoms with Crippen LogP contribution in [0.2, 0.25) is 5.02 Å². The van der Waals surface area contributed by atoms with Crippen LogP contribution in [-0.2, 0) is 0 Å². The molecule has 0 aromatic heterocycles. The molecule has 2 rings (SSSR count). The summed E-state index contributed by atoms with van der Waals surface area (Å²) in [6, 6.07) is 3.85. The molecule has 0 aliphatic carbocycles. The van der Waals surface area contributed by atoms with E-state index in [-0.39, 0.29) is 23.2 Å². The molecule has 0 saturated carbocycles. The molecule has 110 valence electrons. The molecule has 0 spiro atoms. The molecule has 1 saturated heterocycles. The van der Waals surface area contributed by atoms with Crippen LogP contribution in [0.1, 0.15) is 26.2 Å². The van der Waals surface area contributed by atoms with E-state index in [0.29, 0.717) is 25.1 Å². The number of rotatable bonds is 2. The monoisotopic (exact) mass is 300 g/mol. The van der Waals surface area contributed by atoms with Crippen molar-refractivity contribution in [2.75, 3.05) is 11.9 Å². The van der Waals surface area contributed by atoms with Gasteiger partial charge in [-0.1, -0.05) is 18.5 Å². The van der Waals surface area contributed by atoms with Crippen LogP contribution in [0.5, 0.6) is 0 Å². The molecule has 1 aromatic carbocycles. The third-order valence-corrected chi connectivity index (χ3v) is 3.88. The first-order chi connectivity index (χ1) is 9.51. The topological polar surface area (TPSA) is 52.6 Å². The van der Waals surface area contributed by atoms with Crippen molar-refractivity contribution in [1.82, 2.24) is 4.90 Å². The summed E-state index contributed by atoms with van der Waals surface area (Å²) >= 11 is 5.69. The fourth-order valence-corrected chi connectivity index (χ4v) is 2.63. The smallest absolute Gasteiger partial charge is 0.322 e. The van der Waals surface area contributed by atoms with Gasteiger partial charge in [-0.25, -0.2) is 9.18 Å². The Labute approximate surface area is 122 Å². The zero-order valence-corrected chi connectivity index (χ0v) is 12.0. The molecular formula is C14H18ClFN2O2. The van der Waals surface area contributed by atoms with Crippen molar-refractivity contribution in [3.63, 3.8) is 0 Å². The lowest BCUT2D eigenvalue weighted by molar-refractivity contribution is 0.0613. The molecular weight excluding hydrogens is 283 g/mol. The van der Waals surface area contributed by atoms with Crippen molar-refractivity contribution in [3.8, 4) is 0 Å². The Bertz CT molecular complexity index is 498. The minimum atomic E-state index is -0.516. The highest BCUT2D eigenvalue weighted by Gasteiger charge is 2.29. The number of piperidine rings is 1. The highest BCUT2D eigenvalue weighted by molar-refractivity contribution is 6.31. The van der Waals surface area contributed by atoms with Crippen molar-refractivity contribution in [1.29, 1.82) is 0 Å². The van der Waals surface area contributed by atoms with Crippen molar-refractivity contribution in [2.45, 2.75) is 38.3 Å². The molecule has 1 aliphatic rings. The molecule has 2 N–H and O–H groups in total. The number of carbonyl (C=O) groups excluding carboxylic acids is 1. The van der Waals surface area contributed by atoms with Crippen LogP contribution >= 0.6 is 11.6 Å². The third-order valence-electron chi connectivity index (χ3n) is 3.59. The molecule has 1 aliphatic heterocycles. The SMILES string of the molecule is CC[C@H]1C[C@@H](O)CCN1C(=O)Nc1ccc(F)c(Cl)c1. The Kier molecular flexibility index (Phi) is 4.83. The summed E-state index contributed by atoms with van der Waals surface area (Å²) in [4.78, 5) is 13.9. The maximum Gasteiger partial charge on any atom is 0.322 e. The first-order valence-electron chi connectivity index (χ1n) is 6.72. The Morgan fingerprint density at radius 2 is 2.35 bits per heavy atom. The van der Waals surface area contributed by atoms with Gasteiger partial charge in [0.25, 0.3) is 0 Å². The maximum absolute atomic E-state index is 13.1. The van der Waals surface area contributed by atoms with Gasteiger partial charge in [-0.3, -0.25) is 0 Å². The number of anilines is 1. The van der Waals surface area contributed by atoms with E-state index in [0.717, 1.165) is 6.42 Å². The van der Waals surface area contributed by atoms with Gasteiger partial charge in [-0.15, -0.1) is 0 Å². The summed E-state index contributed by atoms with van der Waals surface area (Å²) < 4.78 is 13.1. The standard InChI is InChI=1S/C14H18ClFN2O2/c1-2-10-8-11(19)5-6-18(10)14(20)17-9-3-4-13(16)12(15)7-9/h3-4,7,10-11,19H,2,5-6,8H2,1H3,(H,17,20)/t10-,11-/m0/s1. The first-order valence-corrected chi connectivity index (χ1v) is 7.09. The number of amides is 2. The summed E-state index contributed by atoms with van der Waals surface area (Å²) in [6.45, 7) is 2.50. The zero-order chi connectivity index (χ0) is 14.7. The Morgan fingerprint density at radius 3 is 3.00 bits per heavy atom. The molecule has 1 aromatic rings. The molecule has 1 fully saturated rings. The van der Waals surface area contributed by atoms with Gasteiger partial charge in [0.2, 0.25) is 0 Å². The van der Waals surface area contributed by atoms with Gasteiger partial charge in [0, 0.05) is 18.3 Å². The van der Waals surface area contributed by atoms with Crippen molar-refractivity contribution < 1.29 is 14.3 Å². The van der Waals surface area contributed by atoms with Gasteiger partial charge < -0.3 is 15.3 Å². The summed E-state index contributed by atoms with van der Waals surface area (Å²) in [7, 11) is 0. The Morgan fingerprint density at radius 1 is 1.60 bits per heavy atom. The van der Waals surface area contributed by atoms with Crippen LogP contribution in [0.15, 0.2) is 18.2 Å². The van der Waals surface area contributed by atoms with Gasteiger partial charge in [0.05, 0.1) is 11.1 Å². The van der Waals surface area contributed by atoms with Gasteiger partial charge in [0.15, 0.2) is 0 Å². The second-order valence-corrected chi connectivity index (χ2v) is 5.40. The molecule has 0 radical (unpaired) electrons. The molecule has 4 nitrogen and oxygen atoms in total. The van der Waals surface area contributed by atoms with Crippen LogP contribution in [0.25, 0.3) is 0 Å². The van der Waals surface area contributed by atoms with E-state index >= 15 is 0 Å². The summed E-state index contributed by atoms with van der Waals surface area (Å²) in [5.41, 5.74) is 0.461. The van der Waals surface area contributed by atoms with Gasteiger partial charge in [-0.05, 0) is 37.5 Å².